The number of hydrogen-bond donors (Lipinski definition) is 3. The summed E-state index contributed by atoms with van der Waals surface area (Å²) in [6.45, 7) is 0. The van der Waals surface area contributed by atoms with Gasteiger partial charge < -0.3 is 20.8 Å². The van der Waals surface area contributed by atoms with Crippen molar-refractivity contribution in [2.75, 3.05) is 19.1 Å². The number of nitrogens with two attached hydrogens (primary N) is 1. The van der Waals surface area contributed by atoms with E-state index in [1.54, 1.807) is 18.0 Å². The zero-order chi connectivity index (χ0) is 15.0. The number of rotatable bonds is 8. The van der Waals surface area contributed by atoms with Gasteiger partial charge in [0.2, 0.25) is 5.91 Å². The summed E-state index contributed by atoms with van der Waals surface area (Å²) >= 11 is 1.62. The Kier molecular flexibility index (Phi) is 7.10. The van der Waals surface area contributed by atoms with E-state index in [9.17, 15) is 9.59 Å². The van der Waals surface area contributed by atoms with Gasteiger partial charge in [-0.25, -0.2) is 9.78 Å². The molecule has 0 aliphatic heterocycles. The normalized spacial score (nSPS) is 13.6. The molecule has 1 aromatic heterocycles. The highest BCUT2D eigenvalue weighted by molar-refractivity contribution is 7.98. The van der Waals surface area contributed by atoms with Crippen molar-refractivity contribution in [3.05, 3.63) is 18.2 Å². The van der Waals surface area contributed by atoms with E-state index in [-0.39, 0.29) is 12.3 Å². The Morgan fingerprint density at radius 2 is 2.35 bits per heavy atom. The van der Waals surface area contributed by atoms with Gasteiger partial charge in [0.25, 0.3) is 0 Å². The van der Waals surface area contributed by atoms with E-state index in [4.69, 9.17) is 10.5 Å². The molecule has 0 saturated carbocycles. The highest BCUT2D eigenvalue weighted by Gasteiger charge is 2.24. The molecular formula is C12H20N4O3S. The second kappa shape index (κ2) is 8.60. The first-order valence-electron chi connectivity index (χ1n) is 6.18. The predicted molar refractivity (Wildman–Crippen MR) is 77.2 cm³/mol. The van der Waals surface area contributed by atoms with Crippen LogP contribution < -0.4 is 11.1 Å². The summed E-state index contributed by atoms with van der Waals surface area (Å²) in [5, 5.41) is 2.62. The SMILES string of the molecule is COC(=O)[C@H](Cc1cnc[nH]1)NC(=O)[C@@H](N)CCSC. The number of ether oxygens (including phenoxy) is 1. The van der Waals surface area contributed by atoms with Crippen molar-refractivity contribution in [1.82, 2.24) is 15.3 Å². The van der Waals surface area contributed by atoms with Crippen LogP contribution in [0.2, 0.25) is 0 Å². The first kappa shape index (κ1) is 16.5. The molecule has 0 unspecified atom stereocenters. The van der Waals surface area contributed by atoms with E-state index in [0.717, 1.165) is 11.4 Å². The van der Waals surface area contributed by atoms with Crippen molar-refractivity contribution in [1.29, 1.82) is 0 Å². The first-order valence-corrected chi connectivity index (χ1v) is 7.57. The van der Waals surface area contributed by atoms with Crippen molar-refractivity contribution in [2.45, 2.75) is 24.9 Å². The third kappa shape index (κ3) is 5.22. The zero-order valence-corrected chi connectivity index (χ0v) is 12.4. The molecule has 1 rings (SSSR count). The van der Waals surface area contributed by atoms with Crippen molar-refractivity contribution >= 4 is 23.6 Å². The number of thioether (sulfide) groups is 1. The molecule has 0 saturated heterocycles. The number of nitrogens with zero attached hydrogens (tertiary/aromatic N) is 1. The van der Waals surface area contributed by atoms with Gasteiger partial charge >= 0.3 is 5.97 Å². The van der Waals surface area contributed by atoms with Crippen LogP contribution in [0.1, 0.15) is 12.1 Å². The Hall–Kier alpha value is -1.54. The third-order valence-electron chi connectivity index (χ3n) is 2.75. The summed E-state index contributed by atoms with van der Waals surface area (Å²) in [6.07, 6.45) is 5.89. The molecule has 0 fully saturated rings. The van der Waals surface area contributed by atoms with Crippen molar-refractivity contribution in [3.8, 4) is 0 Å². The van der Waals surface area contributed by atoms with Crippen LogP contribution in [0.15, 0.2) is 12.5 Å². The molecule has 0 aliphatic rings. The number of carbonyl (C=O) groups is 2. The summed E-state index contributed by atoms with van der Waals surface area (Å²) < 4.78 is 4.69. The van der Waals surface area contributed by atoms with Gasteiger partial charge in [0.05, 0.1) is 19.5 Å². The minimum atomic E-state index is -0.770. The third-order valence-corrected chi connectivity index (χ3v) is 3.39. The molecular weight excluding hydrogens is 280 g/mol. The van der Waals surface area contributed by atoms with E-state index in [2.05, 4.69) is 15.3 Å². The highest BCUT2D eigenvalue weighted by Crippen LogP contribution is 2.03. The number of methoxy groups -OCH3 is 1. The maximum atomic E-state index is 11.9. The van der Waals surface area contributed by atoms with Gasteiger partial charge in [-0.1, -0.05) is 0 Å². The Morgan fingerprint density at radius 1 is 1.60 bits per heavy atom. The minimum absolute atomic E-state index is 0.285. The lowest BCUT2D eigenvalue weighted by Gasteiger charge is -2.18. The lowest BCUT2D eigenvalue weighted by Crippen LogP contribution is -2.49. The molecule has 1 heterocycles. The van der Waals surface area contributed by atoms with E-state index < -0.39 is 18.1 Å². The van der Waals surface area contributed by atoms with Crippen molar-refractivity contribution < 1.29 is 14.3 Å². The van der Waals surface area contributed by atoms with Gasteiger partial charge in [0.15, 0.2) is 0 Å². The Bertz CT molecular complexity index is 424. The van der Waals surface area contributed by atoms with Crippen LogP contribution in [0, 0.1) is 0 Å². The van der Waals surface area contributed by atoms with E-state index in [1.165, 1.54) is 13.4 Å². The lowest BCUT2D eigenvalue weighted by atomic mass is 10.1. The molecule has 2 atom stereocenters. The second-order valence-electron chi connectivity index (χ2n) is 4.25. The minimum Gasteiger partial charge on any atom is -0.467 e. The number of H-pyrrole nitrogens is 1. The van der Waals surface area contributed by atoms with Gasteiger partial charge in [-0.15, -0.1) is 0 Å². The molecule has 20 heavy (non-hydrogen) atoms. The van der Waals surface area contributed by atoms with Gasteiger partial charge in [-0.3, -0.25) is 4.79 Å². The number of aromatic amines is 1. The van der Waals surface area contributed by atoms with Crippen molar-refractivity contribution in [3.63, 3.8) is 0 Å². The van der Waals surface area contributed by atoms with Crippen LogP contribution in [0.25, 0.3) is 0 Å². The molecule has 0 aliphatic carbocycles. The van der Waals surface area contributed by atoms with Gasteiger partial charge in [0, 0.05) is 18.3 Å². The van der Waals surface area contributed by atoms with E-state index in [0.29, 0.717) is 6.42 Å². The van der Waals surface area contributed by atoms with Gasteiger partial charge in [-0.2, -0.15) is 11.8 Å². The van der Waals surface area contributed by atoms with Gasteiger partial charge in [-0.05, 0) is 18.4 Å². The average molecular weight is 300 g/mol. The van der Waals surface area contributed by atoms with Crippen LogP contribution in [0.3, 0.4) is 0 Å². The van der Waals surface area contributed by atoms with Crippen LogP contribution >= 0.6 is 11.8 Å². The molecule has 1 amide bonds. The second-order valence-corrected chi connectivity index (χ2v) is 5.24. The van der Waals surface area contributed by atoms with Crippen LogP contribution in [-0.4, -0.2) is 53.0 Å². The number of amides is 1. The Balaban J connectivity index is 2.60. The maximum absolute atomic E-state index is 11.9. The average Bonchev–Trinajstić information content (AvgIpc) is 2.95. The molecule has 7 nitrogen and oxygen atoms in total. The molecule has 0 aromatic carbocycles. The van der Waals surface area contributed by atoms with Crippen molar-refractivity contribution in [2.24, 2.45) is 5.73 Å². The van der Waals surface area contributed by atoms with Gasteiger partial charge in [0.1, 0.15) is 6.04 Å². The maximum Gasteiger partial charge on any atom is 0.328 e. The molecule has 1 aromatic rings. The molecule has 112 valence electrons. The number of imidazole rings is 1. The predicted octanol–water partition coefficient (Wildman–Crippen LogP) is -0.310. The molecule has 4 N–H and O–H groups in total. The fourth-order valence-electron chi connectivity index (χ4n) is 1.61. The number of aromatic nitrogens is 2. The monoisotopic (exact) mass is 300 g/mol. The smallest absolute Gasteiger partial charge is 0.328 e. The quantitative estimate of drug-likeness (QED) is 0.568. The molecule has 0 bridgehead atoms. The van der Waals surface area contributed by atoms with Crippen LogP contribution in [-0.2, 0) is 20.7 Å². The van der Waals surface area contributed by atoms with E-state index in [1.807, 2.05) is 6.26 Å². The summed E-state index contributed by atoms with van der Waals surface area (Å²) in [4.78, 5) is 30.4. The zero-order valence-electron chi connectivity index (χ0n) is 11.6. The Morgan fingerprint density at radius 3 is 2.90 bits per heavy atom. The standard InChI is InChI=1S/C12H20N4O3S/c1-19-12(18)10(5-8-6-14-7-15-8)16-11(17)9(13)3-4-20-2/h6-7,9-10H,3-5,13H2,1-2H3,(H,14,15)(H,16,17)/t9-,10-/m0/s1. The fourth-order valence-corrected chi connectivity index (χ4v) is 2.10. The summed E-state index contributed by atoms with van der Waals surface area (Å²) in [6, 6.07) is -1.40. The largest absolute Gasteiger partial charge is 0.467 e. The molecule has 8 heteroatoms. The number of esters is 1. The Labute approximate surface area is 122 Å². The lowest BCUT2D eigenvalue weighted by molar-refractivity contribution is -0.145. The highest BCUT2D eigenvalue weighted by atomic mass is 32.2. The molecule has 0 radical (unpaired) electrons. The summed E-state index contributed by atoms with van der Waals surface area (Å²) in [5.41, 5.74) is 6.50. The van der Waals surface area contributed by atoms with Crippen LogP contribution in [0.5, 0.6) is 0 Å². The summed E-state index contributed by atoms with van der Waals surface area (Å²) in [7, 11) is 1.28. The number of hydrogen-bond acceptors (Lipinski definition) is 6. The molecule has 0 spiro atoms. The van der Waals surface area contributed by atoms with E-state index >= 15 is 0 Å². The summed E-state index contributed by atoms with van der Waals surface area (Å²) in [5.74, 6) is -0.0723. The van der Waals surface area contributed by atoms with Crippen LogP contribution in [0.4, 0.5) is 0 Å². The topological polar surface area (TPSA) is 110 Å². The first-order chi connectivity index (χ1) is 9.58. The number of carbonyl (C=O) groups excluding carboxylic acids is 2. The number of nitrogens with one attached hydrogen (secondary N) is 2. The fraction of sp³-hybridized carbons (Fsp3) is 0.583.